The first-order valence-electron chi connectivity index (χ1n) is 5.83. The van der Waals surface area contributed by atoms with Crippen LogP contribution in [0.4, 0.5) is 5.69 Å². The molecule has 0 amide bonds. The summed E-state index contributed by atoms with van der Waals surface area (Å²) in [6.45, 7) is 2.14. The number of anilines is 1. The topological polar surface area (TPSA) is 32.3 Å². The van der Waals surface area contributed by atoms with Gasteiger partial charge in [-0.25, -0.2) is 0 Å². The molecule has 2 nitrogen and oxygen atoms in total. The first-order chi connectivity index (χ1) is 8.24. The van der Waals surface area contributed by atoms with Crippen LogP contribution in [0, 0.1) is 0 Å². The van der Waals surface area contributed by atoms with E-state index in [4.69, 9.17) is 0 Å². The lowest BCUT2D eigenvalue weighted by molar-refractivity contribution is 0.474. The highest BCUT2D eigenvalue weighted by molar-refractivity contribution is 5.43. The van der Waals surface area contributed by atoms with Gasteiger partial charge < -0.3 is 10.4 Å². The predicted octanol–water partition coefficient (Wildman–Crippen LogP) is 3.44. The van der Waals surface area contributed by atoms with Crippen molar-refractivity contribution in [2.45, 2.75) is 19.4 Å². The molecule has 2 heteroatoms. The van der Waals surface area contributed by atoms with E-state index < -0.39 is 0 Å². The smallest absolute Gasteiger partial charge is 0.115 e. The fourth-order valence-corrected chi connectivity index (χ4v) is 1.91. The molecule has 2 aromatic carbocycles. The minimum Gasteiger partial charge on any atom is -0.508 e. The van der Waals surface area contributed by atoms with Crippen LogP contribution in [0.1, 0.15) is 12.5 Å². The number of hydrogen-bond acceptors (Lipinski definition) is 2. The highest BCUT2D eigenvalue weighted by atomic mass is 16.3. The molecule has 0 spiro atoms. The van der Waals surface area contributed by atoms with Gasteiger partial charge in [-0.1, -0.05) is 30.3 Å². The van der Waals surface area contributed by atoms with Gasteiger partial charge >= 0.3 is 0 Å². The van der Waals surface area contributed by atoms with E-state index in [1.807, 2.05) is 36.4 Å². The van der Waals surface area contributed by atoms with Crippen molar-refractivity contribution in [1.29, 1.82) is 0 Å². The van der Waals surface area contributed by atoms with Crippen molar-refractivity contribution in [1.82, 2.24) is 0 Å². The summed E-state index contributed by atoms with van der Waals surface area (Å²) in [5, 5.41) is 12.8. The summed E-state index contributed by atoms with van der Waals surface area (Å²) in [4.78, 5) is 0. The lowest BCUT2D eigenvalue weighted by atomic mass is 10.1. The van der Waals surface area contributed by atoms with Crippen LogP contribution in [0.15, 0.2) is 54.6 Å². The SMILES string of the molecule is CC(Cc1cccc(O)c1)Nc1ccccc1. The van der Waals surface area contributed by atoms with E-state index in [1.54, 1.807) is 6.07 Å². The maximum Gasteiger partial charge on any atom is 0.115 e. The van der Waals surface area contributed by atoms with E-state index in [1.165, 1.54) is 0 Å². The van der Waals surface area contributed by atoms with Crippen LogP contribution in [0.3, 0.4) is 0 Å². The molecule has 0 saturated heterocycles. The molecule has 1 atom stereocenters. The first-order valence-corrected chi connectivity index (χ1v) is 5.83. The standard InChI is InChI=1S/C15H17NO/c1-12(16-14-7-3-2-4-8-14)10-13-6-5-9-15(17)11-13/h2-9,11-12,16-17H,10H2,1H3. The lowest BCUT2D eigenvalue weighted by Gasteiger charge is -2.15. The second-order valence-electron chi connectivity index (χ2n) is 4.29. The van der Waals surface area contributed by atoms with E-state index >= 15 is 0 Å². The fourth-order valence-electron chi connectivity index (χ4n) is 1.91. The Morgan fingerprint density at radius 2 is 1.82 bits per heavy atom. The second-order valence-corrected chi connectivity index (χ2v) is 4.29. The molecule has 88 valence electrons. The van der Waals surface area contributed by atoms with Crippen LogP contribution in [0.25, 0.3) is 0 Å². The Morgan fingerprint density at radius 3 is 2.53 bits per heavy atom. The van der Waals surface area contributed by atoms with E-state index in [2.05, 4.69) is 24.4 Å². The lowest BCUT2D eigenvalue weighted by Crippen LogP contribution is -2.17. The van der Waals surface area contributed by atoms with Crippen molar-refractivity contribution in [2.75, 3.05) is 5.32 Å². The van der Waals surface area contributed by atoms with Crippen LogP contribution >= 0.6 is 0 Å². The molecule has 0 aliphatic rings. The van der Waals surface area contributed by atoms with E-state index in [0.29, 0.717) is 11.8 Å². The Morgan fingerprint density at radius 1 is 1.06 bits per heavy atom. The van der Waals surface area contributed by atoms with E-state index in [-0.39, 0.29) is 0 Å². The van der Waals surface area contributed by atoms with Crippen LogP contribution in [0.2, 0.25) is 0 Å². The molecule has 2 rings (SSSR count). The van der Waals surface area contributed by atoms with Gasteiger partial charge in [0.25, 0.3) is 0 Å². The number of aromatic hydroxyl groups is 1. The summed E-state index contributed by atoms with van der Waals surface area (Å²) in [6, 6.07) is 17.9. The summed E-state index contributed by atoms with van der Waals surface area (Å²) >= 11 is 0. The Bertz CT molecular complexity index is 467. The van der Waals surface area contributed by atoms with Gasteiger partial charge in [-0.3, -0.25) is 0 Å². The maximum absolute atomic E-state index is 9.40. The van der Waals surface area contributed by atoms with Gasteiger partial charge in [-0.2, -0.15) is 0 Å². The molecule has 2 N–H and O–H groups in total. The number of phenols is 1. The van der Waals surface area contributed by atoms with E-state index in [9.17, 15) is 5.11 Å². The van der Waals surface area contributed by atoms with Gasteiger partial charge in [0.15, 0.2) is 0 Å². The largest absolute Gasteiger partial charge is 0.508 e. The third-order valence-corrected chi connectivity index (χ3v) is 2.64. The molecule has 0 fully saturated rings. The minimum absolute atomic E-state index is 0.328. The Kier molecular flexibility index (Phi) is 3.66. The van der Waals surface area contributed by atoms with Crippen LogP contribution < -0.4 is 5.32 Å². The first kappa shape index (κ1) is 11.5. The molecule has 0 aliphatic carbocycles. The number of benzene rings is 2. The van der Waals surface area contributed by atoms with Crippen LogP contribution in [0.5, 0.6) is 5.75 Å². The minimum atomic E-state index is 0.328. The average Bonchev–Trinajstić information content (AvgIpc) is 2.30. The number of phenolic OH excluding ortho intramolecular Hbond substituents is 1. The van der Waals surface area contributed by atoms with Crippen LogP contribution in [-0.4, -0.2) is 11.1 Å². The van der Waals surface area contributed by atoms with Gasteiger partial charge in [0.2, 0.25) is 0 Å². The molecular weight excluding hydrogens is 210 g/mol. The summed E-state index contributed by atoms with van der Waals surface area (Å²) in [6.07, 6.45) is 0.892. The van der Waals surface area contributed by atoms with Crippen molar-refractivity contribution in [3.63, 3.8) is 0 Å². The van der Waals surface area contributed by atoms with Gasteiger partial charge in [0, 0.05) is 11.7 Å². The molecule has 1 unspecified atom stereocenters. The summed E-state index contributed by atoms with van der Waals surface area (Å²) in [5.41, 5.74) is 2.26. The summed E-state index contributed by atoms with van der Waals surface area (Å²) < 4.78 is 0. The second kappa shape index (κ2) is 5.39. The van der Waals surface area contributed by atoms with Crippen molar-refractivity contribution >= 4 is 5.69 Å². The number of para-hydroxylation sites is 1. The third-order valence-electron chi connectivity index (χ3n) is 2.64. The molecule has 0 bridgehead atoms. The molecule has 0 saturated carbocycles. The fraction of sp³-hybridized carbons (Fsp3) is 0.200. The molecule has 2 aromatic rings. The molecular formula is C15H17NO. The van der Waals surface area contributed by atoms with Gasteiger partial charge in [0.1, 0.15) is 5.75 Å². The Labute approximate surface area is 102 Å². The molecule has 0 radical (unpaired) electrons. The average molecular weight is 227 g/mol. The van der Waals surface area contributed by atoms with E-state index in [0.717, 1.165) is 17.7 Å². The van der Waals surface area contributed by atoms with Crippen molar-refractivity contribution in [2.24, 2.45) is 0 Å². The number of hydrogen-bond donors (Lipinski definition) is 2. The normalized spacial score (nSPS) is 12.1. The predicted molar refractivity (Wildman–Crippen MR) is 71.3 cm³/mol. The van der Waals surface area contributed by atoms with Gasteiger partial charge in [-0.15, -0.1) is 0 Å². The maximum atomic E-state index is 9.40. The zero-order chi connectivity index (χ0) is 12.1. The van der Waals surface area contributed by atoms with Crippen molar-refractivity contribution < 1.29 is 5.11 Å². The molecule has 0 aliphatic heterocycles. The monoisotopic (exact) mass is 227 g/mol. The van der Waals surface area contributed by atoms with Gasteiger partial charge in [0.05, 0.1) is 0 Å². The Hall–Kier alpha value is -1.96. The van der Waals surface area contributed by atoms with Crippen LogP contribution in [-0.2, 0) is 6.42 Å². The van der Waals surface area contributed by atoms with Crippen molar-refractivity contribution in [3.8, 4) is 5.75 Å². The van der Waals surface area contributed by atoms with Gasteiger partial charge in [-0.05, 0) is 43.2 Å². The van der Waals surface area contributed by atoms with Crippen molar-refractivity contribution in [3.05, 3.63) is 60.2 Å². The molecule has 0 heterocycles. The quantitative estimate of drug-likeness (QED) is 0.838. The highest BCUT2D eigenvalue weighted by Gasteiger charge is 2.03. The zero-order valence-electron chi connectivity index (χ0n) is 9.93. The number of nitrogens with one attached hydrogen (secondary N) is 1. The Balaban J connectivity index is 1.96. The molecule has 17 heavy (non-hydrogen) atoms. The summed E-state index contributed by atoms with van der Waals surface area (Å²) in [7, 11) is 0. The number of rotatable bonds is 4. The zero-order valence-corrected chi connectivity index (χ0v) is 9.93. The highest BCUT2D eigenvalue weighted by Crippen LogP contribution is 2.14. The summed E-state index contributed by atoms with van der Waals surface area (Å²) in [5.74, 6) is 0.328. The third kappa shape index (κ3) is 3.52. The molecule has 0 aromatic heterocycles.